The van der Waals surface area contributed by atoms with Gasteiger partial charge in [0, 0.05) is 0 Å². The fraction of sp³-hybridized carbons (Fsp3) is 0.333. The van der Waals surface area contributed by atoms with E-state index in [0.29, 0.717) is 12.8 Å². The van der Waals surface area contributed by atoms with Gasteiger partial charge < -0.3 is 9.84 Å². The van der Waals surface area contributed by atoms with Crippen molar-refractivity contribution in [3.05, 3.63) is 29.6 Å². The summed E-state index contributed by atoms with van der Waals surface area (Å²) in [6.45, 7) is -0.397. The number of hydrogen-bond donors (Lipinski definition) is 1. The van der Waals surface area contributed by atoms with E-state index in [-0.39, 0.29) is 11.3 Å². The molecule has 0 radical (unpaired) electrons. The maximum Gasteiger partial charge on any atom is 0.263 e. The fourth-order valence-electron chi connectivity index (χ4n) is 2.57. The Bertz CT molecular complexity index is 654. The molecule has 21 heavy (non-hydrogen) atoms. The highest BCUT2D eigenvalue weighted by Crippen LogP contribution is 2.33. The zero-order valence-electron chi connectivity index (χ0n) is 11.0. The number of aliphatic hydroxyl groups is 1. The third-order valence-electron chi connectivity index (χ3n) is 3.51. The van der Waals surface area contributed by atoms with Crippen molar-refractivity contribution in [1.82, 2.24) is 0 Å². The number of anilines is 1. The standard InChI is InChI=1S/C15H12FNO4/c16-10-3-4-11(9(8-10)2-1-7-18)17-14(19)12-5-6-13(21-12)15(17)20/h3-4,8,12-13,18H,5-7H2. The van der Waals surface area contributed by atoms with E-state index in [1.54, 1.807) is 0 Å². The predicted molar refractivity (Wildman–Crippen MR) is 70.8 cm³/mol. The molecule has 5 nitrogen and oxygen atoms in total. The molecular formula is C15H12FNO4. The van der Waals surface area contributed by atoms with Crippen molar-refractivity contribution in [2.75, 3.05) is 11.5 Å². The van der Waals surface area contributed by atoms with Crippen LogP contribution in [0.1, 0.15) is 18.4 Å². The molecule has 3 rings (SSSR count). The molecule has 0 aromatic heterocycles. The van der Waals surface area contributed by atoms with Gasteiger partial charge in [-0.2, -0.15) is 0 Å². The highest BCUT2D eigenvalue weighted by molar-refractivity contribution is 6.20. The van der Waals surface area contributed by atoms with Crippen LogP contribution in [0.5, 0.6) is 0 Å². The number of morpholine rings is 1. The zero-order chi connectivity index (χ0) is 15.0. The number of imide groups is 1. The minimum atomic E-state index is -0.628. The predicted octanol–water partition coefficient (Wildman–Crippen LogP) is 0.590. The number of hydrogen-bond acceptors (Lipinski definition) is 4. The molecule has 0 saturated carbocycles. The first-order valence-corrected chi connectivity index (χ1v) is 6.54. The summed E-state index contributed by atoms with van der Waals surface area (Å²) in [6, 6.07) is 3.64. The Kier molecular flexibility index (Phi) is 3.45. The van der Waals surface area contributed by atoms with Crippen molar-refractivity contribution in [2.24, 2.45) is 0 Å². The number of fused-ring (bicyclic) bond motifs is 2. The van der Waals surface area contributed by atoms with Crippen LogP contribution in [0.3, 0.4) is 0 Å². The SMILES string of the molecule is O=C1C2CCC(O2)C(=O)N1c1ccc(F)cc1C#CCO. The van der Waals surface area contributed by atoms with E-state index < -0.39 is 36.4 Å². The molecule has 2 saturated heterocycles. The summed E-state index contributed by atoms with van der Waals surface area (Å²) in [5.41, 5.74) is 0.416. The molecule has 2 fully saturated rings. The van der Waals surface area contributed by atoms with E-state index >= 15 is 0 Å². The second kappa shape index (κ2) is 5.28. The average molecular weight is 289 g/mol. The lowest BCUT2D eigenvalue weighted by atomic mass is 10.1. The van der Waals surface area contributed by atoms with E-state index in [0.717, 1.165) is 17.0 Å². The molecular weight excluding hydrogens is 277 g/mol. The number of nitrogens with zero attached hydrogens (tertiary/aromatic N) is 1. The topological polar surface area (TPSA) is 66.8 Å². The van der Waals surface area contributed by atoms with Gasteiger partial charge in [0.25, 0.3) is 11.8 Å². The molecule has 6 heteroatoms. The van der Waals surface area contributed by atoms with Crippen molar-refractivity contribution in [1.29, 1.82) is 0 Å². The largest absolute Gasteiger partial charge is 0.384 e. The molecule has 2 bridgehead atoms. The Hall–Kier alpha value is -2.23. The van der Waals surface area contributed by atoms with Crippen molar-refractivity contribution in [2.45, 2.75) is 25.0 Å². The quantitative estimate of drug-likeness (QED) is 0.607. The summed E-state index contributed by atoms with van der Waals surface area (Å²) in [6.07, 6.45) is -0.248. The van der Waals surface area contributed by atoms with Gasteiger partial charge in [0.1, 0.15) is 24.6 Å². The minimum absolute atomic E-state index is 0.187. The number of ether oxygens (including phenoxy) is 1. The molecule has 1 N–H and O–H groups in total. The molecule has 2 heterocycles. The van der Waals surface area contributed by atoms with Gasteiger partial charge in [0.15, 0.2) is 0 Å². The molecule has 1 aromatic carbocycles. The number of benzene rings is 1. The third-order valence-corrected chi connectivity index (χ3v) is 3.51. The van der Waals surface area contributed by atoms with Crippen LogP contribution in [0, 0.1) is 17.7 Å². The van der Waals surface area contributed by atoms with E-state index in [1.807, 2.05) is 0 Å². The number of halogens is 1. The Balaban J connectivity index is 2.07. The van der Waals surface area contributed by atoms with Crippen molar-refractivity contribution < 1.29 is 23.8 Å². The first kappa shape index (κ1) is 13.7. The molecule has 0 spiro atoms. The monoisotopic (exact) mass is 289 g/mol. The van der Waals surface area contributed by atoms with Crippen molar-refractivity contribution >= 4 is 17.5 Å². The van der Waals surface area contributed by atoms with Crippen molar-refractivity contribution in [3.63, 3.8) is 0 Å². The number of amides is 2. The lowest BCUT2D eigenvalue weighted by Gasteiger charge is -2.30. The van der Waals surface area contributed by atoms with Crippen LogP contribution in [0.25, 0.3) is 0 Å². The molecule has 108 valence electrons. The molecule has 1 aromatic rings. The second-order valence-electron chi connectivity index (χ2n) is 4.82. The Morgan fingerprint density at radius 2 is 1.95 bits per heavy atom. The summed E-state index contributed by atoms with van der Waals surface area (Å²) in [5, 5.41) is 8.76. The van der Waals surface area contributed by atoms with E-state index in [9.17, 15) is 14.0 Å². The molecule has 2 aliphatic rings. The highest BCUT2D eigenvalue weighted by Gasteiger charge is 2.47. The maximum absolute atomic E-state index is 13.4. The number of rotatable bonds is 1. The molecule has 2 amide bonds. The van der Waals surface area contributed by atoms with Crippen LogP contribution in [-0.4, -0.2) is 35.7 Å². The summed E-state index contributed by atoms with van der Waals surface area (Å²) in [5.74, 6) is 3.53. The lowest BCUT2D eigenvalue weighted by molar-refractivity contribution is -0.146. The number of carbonyl (C=O) groups excluding carboxylic acids is 2. The maximum atomic E-state index is 13.4. The van der Waals surface area contributed by atoms with Crippen molar-refractivity contribution in [3.8, 4) is 11.8 Å². The van der Waals surface area contributed by atoms with Crippen LogP contribution in [0.2, 0.25) is 0 Å². The molecule has 0 aliphatic carbocycles. The van der Waals surface area contributed by atoms with Gasteiger partial charge in [0.05, 0.1) is 11.3 Å². The van der Waals surface area contributed by atoms with Gasteiger partial charge in [0.2, 0.25) is 0 Å². The Morgan fingerprint density at radius 3 is 2.57 bits per heavy atom. The van der Waals surface area contributed by atoms with E-state index in [1.165, 1.54) is 6.07 Å². The summed E-state index contributed by atoms with van der Waals surface area (Å²) in [7, 11) is 0. The summed E-state index contributed by atoms with van der Waals surface area (Å²) in [4.78, 5) is 25.6. The minimum Gasteiger partial charge on any atom is -0.384 e. The Labute approximate surface area is 120 Å². The number of aliphatic hydroxyl groups excluding tert-OH is 1. The van der Waals surface area contributed by atoms with Gasteiger partial charge in [-0.05, 0) is 31.0 Å². The van der Waals surface area contributed by atoms with Crippen LogP contribution in [-0.2, 0) is 14.3 Å². The second-order valence-corrected chi connectivity index (χ2v) is 4.82. The van der Waals surface area contributed by atoms with E-state index in [4.69, 9.17) is 9.84 Å². The van der Waals surface area contributed by atoms with E-state index in [2.05, 4.69) is 11.8 Å². The molecule has 2 atom stereocenters. The first-order valence-electron chi connectivity index (χ1n) is 6.54. The molecule has 2 aliphatic heterocycles. The third kappa shape index (κ3) is 2.31. The van der Waals surface area contributed by atoms with Gasteiger partial charge in [-0.15, -0.1) is 0 Å². The molecule has 2 unspecified atom stereocenters. The van der Waals surface area contributed by atoms with Crippen LogP contribution >= 0.6 is 0 Å². The van der Waals surface area contributed by atoms with Crippen LogP contribution < -0.4 is 4.90 Å². The summed E-state index contributed by atoms with van der Waals surface area (Å²) >= 11 is 0. The fourth-order valence-corrected chi connectivity index (χ4v) is 2.57. The smallest absolute Gasteiger partial charge is 0.263 e. The normalized spacial score (nSPS) is 24.0. The zero-order valence-corrected chi connectivity index (χ0v) is 11.0. The van der Waals surface area contributed by atoms with Crippen LogP contribution in [0.4, 0.5) is 10.1 Å². The summed E-state index contributed by atoms with van der Waals surface area (Å²) < 4.78 is 18.7. The van der Waals surface area contributed by atoms with Gasteiger partial charge >= 0.3 is 0 Å². The highest BCUT2D eigenvalue weighted by atomic mass is 19.1. The van der Waals surface area contributed by atoms with Gasteiger partial charge in [-0.1, -0.05) is 11.8 Å². The Morgan fingerprint density at radius 1 is 1.29 bits per heavy atom. The lowest BCUT2D eigenvalue weighted by Crippen LogP contribution is -2.52. The van der Waals surface area contributed by atoms with Crippen LogP contribution in [0.15, 0.2) is 18.2 Å². The first-order chi connectivity index (χ1) is 10.1. The van der Waals surface area contributed by atoms with Gasteiger partial charge in [-0.25, -0.2) is 9.29 Å². The average Bonchev–Trinajstić information content (AvgIpc) is 2.92. The number of carbonyl (C=O) groups is 2. The van der Waals surface area contributed by atoms with Gasteiger partial charge in [-0.3, -0.25) is 9.59 Å².